The average Bonchev–Trinajstić information content (AvgIpc) is 3.55. The number of nitrogens with zero attached hydrogens (tertiary/aromatic N) is 2. The molecule has 0 N–H and O–H groups in total. The second-order valence-electron chi connectivity index (χ2n) is 12.6. The Bertz CT molecular complexity index is 2850. The lowest BCUT2D eigenvalue weighted by atomic mass is 9.93. The van der Waals surface area contributed by atoms with Gasteiger partial charge in [-0.25, -0.2) is 9.97 Å². The lowest BCUT2D eigenvalue weighted by Crippen LogP contribution is -1.96. The first-order valence-electron chi connectivity index (χ1n) is 16.6. The van der Waals surface area contributed by atoms with Crippen LogP contribution in [0.1, 0.15) is 0 Å². The van der Waals surface area contributed by atoms with Gasteiger partial charge in [0.15, 0.2) is 5.82 Å². The fourth-order valence-electron chi connectivity index (χ4n) is 7.26. The molecule has 10 aromatic rings. The number of benzene rings is 8. The van der Waals surface area contributed by atoms with Gasteiger partial charge in [-0.2, -0.15) is 0 Å². The van der Waals surface area contributed by atoms with Gasteiger partial charge in [-0.15, -0.1) is 11.3 Å². The van der Waals surface area contributed by atoms with Crippen LogP contribution in [-0.2, 0) is 0 Å². The van der Waals surface area contributed by atoms with Gasteiger partial charge < -0.3 is 0 Å². The van der Waals surface area contributed by atoms with Crippen molar-refractivity contribution in [2.75, 3.05) is 0 Å². The molecule has 0 saturated carbocycles. The summed E-state index contributed by atoms with van der Waals surface area (Å²) in [6, 6.07) is 60.7. The topological polar surface area (TPSA) is 25.8 Å². The van der Waals surface area contributed by atoms with Crippen LogP contribution in [0.2, 0.25) is 0 Å². The summed E-state index contributed by atoms with van der Waals surface area (Å²) in [6.45, 7) is 0. The standard InChI is InChI=1S/C46H28N2S/c1-3-11-29(12-4-1)30-19-21-32(22-20-30)46-47-42(31-13-5-2-6-14-31)28-43(48-46)33-23-24-38-41-26-39-36-17-9-7-15-34(36)35-16-8-10-18-37(35)40(39)27-45(41)49-44(38)25-33/h1-28H. The third kappa shape index (κ3) is 4.70. The lowest BCUT2D eigenvalue weighted by molar-refractivity contribution is 1.18. The maximum absolute atomic E-state index is 5.17. The van der Waals surface area contributed by atoms with Gasteiger partial charge in [-0.3, -0.25) is 0 Å². The van der Waals surface area contributed by atoms with Crippen molar-refractivity contribution >= 4 is 63.8 Å². The van der Waals surface area contributed by atoms with Crippen molar-refractivity contribution in [2.45, 2.75) is 0 Å². The number of hydrogen-bond acceptors (Lipinski definition) is 3. The second kappa shape index (κ2) is 11.2. The molecule has 0 spiro atoms. The van der Waals surface area contributed by atoms with Crippen LogP contribution in [0, 0.1) is 0 Å². The highest BCUT2D eigenvalue weighted by atomic mass is 32.1. The normalized spacial score (nSPS) is 11.7. The van der Waals surface area contributed by atoms with Gasteiger partial charge in [0, 0.05) is 36.9 Å². The predicted octanol–water partition coefficient (Wildman–Crippen LogP) is 13.0. The molecule has 228 valence electrons. The minimum Gasteiger partial charge on any atom is -0.228 e. The minimum absolute atomic E-state index is 0.720. The van der Waals surface area contributed by atoms with Crippen molar-refractivity contribution in [3.63, 3.8) is 0 Å². The Morgan fingerprint density at radius 2 is 0.755 bits per heavy atom. The molecule has 0 aliphatic carbocycles. The SMILES string of the molecule is c1ccc(-c2ccc(-c3nc(-c4ccccc4)cc(-c4ccc5c(c4)sc4cc6c7ccccc7c7ccccc7c6cc45)n3)cc2)cc1. The Kier molecular flexibility index (Phi) is 6.39. The zero-order valence-electron chi connectivity index (χ0n) is 26.5. The molecule has 3 heteroatoms. The van der Waals surface area contributed by atoms with Gasteiger partial charge in [-0.05, 0) is 67.7 Å². The Morgan fingerprint density at radius 3 is 1.41 bits per heavy atom. The molecule has 2 aromatic heterocycles. The first kappa shape index (κ1) is 27.9. The number of thiophene rings is 1. The predicted molar refractivity (Wildman–Crippen MR) is 209 cm³/mol. The van der Waals surface area contributed by atoms with Crippen molar-refractivity contribution in [3.8, 4) is 45.0 Å². The Morgan fingerprint density at radius 1 is 0.286 bits per heavy atom. The summed E-state index contributed by atoms with van der Waals surface area (Å²) in [5.41, 5.74) is 7.34. The minimum atomic E-state index is 0.720. The molecule has 0 aliphatic rings. The largest absolute Gasteiger partial charge is 0.228 e. The van der Waals surface area contributed by atoms with Crippen LogP contribution in [0.5, 0.6) is 0 Å². The highest BCUT2D eigenvalue weighted by Gasteiger charge is 2.15. The molecule has 0 bridgehead atoms. The fourth-order valence-corrected chi connectivity index (χ4v) is 8.42. The van der Waals surface area contributed by atoms with Crippen LogP contribution in [0.4, 0.5) is 0 Å². The van der Waals surface area contributed by atoms with E-state index in [0.29, 0.717) is 0 Å². The van der Waals surface area contributed by atoms with E-state index in [0.717, 1.165) is 33.9 Å². The summed E-state index contributed by atoms with van der Waals surface area (Å²) >= 11 is 1.86. The summed E-state index contributed by atoms with van der Waals surface area (Å²) in [5.74, 6) is 0.720. The smallest absolute Gasteiger partial charge is 0.160 e. The van der Waals surface area contributed by atoms with Crippen LogP contribution in [0.15, 0.2) is 170 Å². The summed E-state index contributed by atoms with van der Waals surface area (Å²) in [7, 11) is 0. The van der Waals surface area contributed by atoms with Crippen LogP contribution < -0.4 is 0 Å². The maximum atomic E-state index is 5.17. The monoisotopic (exact) mass is 640 g/mol. The number of rotatable bonds is 4. The molecule has 0 atom stereocenters. The van der Waals surface area contributed by atoms with Gasteiger partial charge in [0.25, 0.3) is 0 Å². The molecule has 0 amide bonds. The van der Waals surface area contributed by atoms with Crippen molar-refractivity contribution in [1.29, 1.82) is 0 Å². The molecule has 0 saturated heterocycles. The van der Waals surface area contributed by atoms with Crippen LogP contribution in [0.3, 0.4) is 0 Å². The quantitative estimate of drug-likeness (QED) is 0.179. The van der Waals surface area contributed by atoms with E-state index in [1.807, 2.05) is 23.5 Å². The summed E-state index contributed by atoms with van der Waals surface area (Å²) < 4.78 is 2.55. The molecule has 10 rings (SSSR count). The van der Waals surface area contributed by atoms with E-state index in [1.165, 1.54) is 63.6 Å². The van der Waals surface area contributed by atoms with Crippen molar-refractivity contribution < 1.29 is 0 Å². The zero-order valence-corrected chi connectivity index (χ0v) is 27.3. The molecular formula is C46H28N2S. The van der Waals surface area contributed by atoms with E-state index >= 15 is 0 Å². The van der Waals surface area contributed by atoms with Crippen LogP contribution in [-0.4, -0.2) is 9.97 Å². The average molecular weight is 641 g/mol. The van der Waals surface area contributed by atoms with E-state index < -0.39 is 0 Å². The van der Waals surface area contributed by atoms with E-state index in [2.05, 4.69) is 158 Å². The fraction of sp³-hybridized carbons (Fsp3) is 0. The molecule has 2 nitrogen and oxygen atoms in total. The van der Waals surface area contributed by atoms with Crippen molar-refractivity contribution in [3.05, 3.63) is 170 Å². The Balaban J connectivity index is 1.14. The van der Waals surface area contributed by atoms with E-state index in [4.69, 9.17) is 9.97 Å². The summed E-state index contributed by atoms with van der Waals surface area (Å²) in [5, 5.41) is 10.4. The molecule has 0 unspecified atom stereocenters. The Labute approximate surface area is 287 Å². The van der Waals surface area contributed by atoms with Gasteiger partial charge >= 0.3 is 0 Å². The molecule has 49 heavy (non-hydrogen) atoms. The molecule has 0 radical (unpaired) electrons. The third-order valence-electron chi connectivity index (χ3n) is 9.68. The first-order chi connectivity index (χ1) is 24.3. The Hall–Kier alpha value is -6.16. The lowest BCUT2D eigenvalue weighted by Gasteiger charge is -2.11. The second-order valence-corrected chi connectivity index (χ2v) is 13.7. The van der Waals surface area contributed by atoms with E-state index in [9.17, 15) is 0 Å². The highest BCUT2D eigenvalue weighted by Crippen LogP contribution is 2.43. The third-order valence-corrected chi connectivity index (χ3v) is 10.8. The number of aromatic nitrogens is 2. The van der Waals surface area contributed by atoms with E-state index in [-0.39, 0.29) is 0 Å². The zero-order chi connectivity index (χ0) is 32.3. The molecule has 8 aromatic carbocycles. The van der Waals surface area contributed by atoms with Gasteiger partial charge in [-0.1, -0.05) is 146 Å². The summed E-state index contributed by atoms with van der Waals surface area (Å²) in [6.07, 6.45) is 0. The van der Waals surface area contributed by atoms with Gasteiger partial charge in [0.1, 0.15) is 0 Å². The van der Waals surface area contributed by atoms with Gasteiger partial charge in [0.2, 0.25) is 0 Å². The van der Waals surface area contributed by atoms with Crippen molar-refractivity contribution in [1.82, 2.24) is 9.97 Å². The highest BCUT2D eigenvalue weighted by molar-refractivity contribution is 7.26. The van der Waals surface area contributed by atoms with Crippen LogP contribution >= 0.6 is 11.3 Å². The van der Waals surface area contributed by atoms with Crippen molar-refractivity contribution in [2.24, 2.45) is 0 Å². The molecule has 2 heterocycles. The number of hydrogen-bond donors (Lipinski definition) is 0. The first-order valence-corrected chi connectivity index (χ1v) is 17.4. The van der Waals surface area contributed by atoms with E-state index in [1.54, 1.807) is 0 Å². The molecule has 0 fully saturated rings. The summed E-state index contributed by atoms with van der Waals surface area (Å²) in [4.78, 5) is 10.2. The molecular weight excluding hydrogens is 613 g/mol. The maximum Gasteiger partial charge on any atom is 0.160 e. The number of fused-ring (bicyclic) bond motifs is 9. The van der Waals surface area contributed by atoms with Gasteiger partial charge in [0.05, 0.1) is 11.4 Å². The molecule has 0 aliphatic heterocycles. The van der Waals surface area contributed by atoms with Crippen LogP contribution in [0.25, 0.3) is 97.5 Å².